The molecule has 0 N–H and O–H groups in total. The van der Waals surface area contributed by atoms with Crippen LogP contribution in [0.3, 0.4) is 0 Å². The fraction of sp³-hybridized carbons (Fsp3) is 0.235. The van der Waals surface area contributed by atoms with Crippen molar-refractivity contribution in [2.75, 3.05) is 7.11 Å². The predicted octanol–water partition coefficient (Wildman–Crippen LogP) is 4.19. The van der Waals surface area contributed by atoms with E-state index in [2.05, 4.69) is 0 Å². The summed E-state index contributed by atoms with van der Waals surface area (Å²) >= 11 is 0. The Hall–Kier alpha value is -2.16. The molecule has 0 spiro atoms. The number of benzene rings is 2. The molecule has 0 aliphatic carbocycles. The number of Topliss-reactive ketones (excluding diaryl/α,β-unsaturated/α-hetero) is 1. The molecule has 2 rings (SSSR count). The van der Waals surface area contributed by atoms with Crippen LogP contribution in [-0.4, -0.2) is 12.9 Å². The zero-order chi connectivity index (χ0) is 14.7. The van der Waals surface area contributed by atoms with Crippen LogP contribution in [0.4, 0.5) is 4.39 Å². The fourth-order valence-corrected chi connectivity index (χ4v) is 2.39. The third-order valence-corrected chi connectivity index (χ3v) is 3.47. The lowest BCUT2D eigenvalue weighted by Crippen LogP contribution is -2.07. The summed E-state index contributed by atoms with van der Waals surface area (Å²) < 4.78 is 18.3. The summed E-state index contributed by atoms with van der Waals surface area (Å²) in [6, 6.07) is 11.9. The van der Waals surface area contributed by atoms with E-state index in [1.165, 1.54) is 19.1 Å². The number of rotatable bonds is 4. The number of hydrogen-bond acceptors (Lipinski definition) is 2. The molecule has 104 valence electrons. The summed E-state index contributed by atoms with van der Waals surface area (Å²) in [5, 5.41) is 0. The molecule has 0 saturated heterocycles. The van der Waals surface area contributed by atoms with Gasteiger partial charge in [0, 0.05) is 5.92 Å². The Morgan fingerprint density at radius 2 is 1.80 bits per heavy atom. The molecule has 0 radical (unpaired) electrons. The van der Waals surface area contributed by atoms with E-state index >= 15 is 0 Å². The molecule has 1 unspecified atom stereocenters. The van der Waals surface area contributed by atoms with Gasteiger partial charge in [0.05, 0.1) is 12.7 Å². The zero-order valence-electron chi connectivity index (χ0n) is 11.8. The number of ether oxygens (including phenoxy) is 1. The molecular weight excluding hydrogens is 255 g/mol. The van der Waals surface area contributed by atoms with Crippen molar-refractivity contribution < 1.29 is 13.9 Å². The maximum atomic E-state index is 13.0. The fourth-order valence-electron chi connectivity index (χ4n) is 2.39. The van der Waals surface area contributed by atoms with E-state index in [1.807, 2.05) is 19.1 Å². The highest BCUT2D eigenvalue weighted by Crippen LogP contribution is 2.32. The van der Waals surface area contributed by atoms with Gasteiger partial charge in [0.2, 0.25) is 0 Å². The number of carbonyl (C=O) groups is 1. The summed E-state index contributed by atoms with van der Waals surface area (Å²) in [6.45, 7) is 3.52. The second-order valence-corrected chi connectivity index (χ2v) is 4.75. The van der Waals surface area contributed by atoms with Crippen LogP contribution < -0.4 is 4.74 Å². The Labute approximate surface area is 118 Å². The van der Waals surface area contributed by atoms with Crippen LogP contribution in [0.25, 0.3) is 0 Å². The first-order valence-electron chi connectivity index (χ1n) is 6.48. The molecule has 0 aromatic heterocycles. The molecule has 1 atom stereocenters. The average molecular weight is 272 g/mol. The number of hydrogen-bond donors (Lipinski definition) is 0. The maximum absolute atomic E-state index is 13.0. The molecule has 2 nitrogen and oxygen atoms in total. The van der Waals surface area contributed by atoms with Gasteiger partial charge in [0.1, 0.15) is 11.6 Å². The molecule has 0 heterocycles. The summed E-state index contributed by atoms with van der Waals surface area (Å²) in [5.74, 6) is 0.262. The summed E-state index contributed by atoms with van der Waals surface area (Å²) in [6.07, 6.45) is 0. The molecular formula is C17H17FO2. The van der Waals surface area contributed by atoms with Crippen LogP contribution in [0.15, 0.2) is 42.5 Å². The second-order valence-electron chi connectivity index (χ2n) is 4.75. The van der Waals surface area contributed by atoms with Gasteiger partial charge < -0.3 is 4.74 Å². The lowest BCUT2D eigenvalue weighted by atomic mass is 9.88. The van der Waals surface area contributed by atoms with Crippen molar-refractivity contribution in [3.63, 3.8) is 0 Å². The highest BCUT2D eigenvalue weighted by molar-refractivity contribution is 5.98. The Bertz CT molecular complexity index is 617. The van der Waals surface area contributed by atoms with Crippen molar-refractivity contribution in [1.29, 1.82) is 0 Å². The molecule has 0 saturated carbocycles. The Balaban J connectivity index is 2.51. The molecule has 2 aromatic carbocycles. The van der Waals surface area contributed by atoms with Gasteiger partial charge in [-0.05, 0) is 36.2 Å². The minimum Gasteiger partial charge on any atom is -0.496 e. The standard InChI is InChI=1S/C17H17FO2/c1-11(13-7-9-14(18)10-8-13)15-5-4-6-16(20-3)17(15)12(2)19/h4-11H,1-3H3. The van der Waals surface area contributed by atoms with E-state index in [0.29, 0.717) is 11.3 Å². The Morgan fingerprint density at radius 1 is 1.15 bits per heavy atom. The van der Waals surface area contributed by atoms with Gasteiger partial charge in [-0.2, -0.15) is 0 Å². The topological polar surface area (TPSA) is 26.3 Å². The second kappa shape index (κ2) is 5.87. The number of carbonyl (C=O) groups excluding carboxylic acids is 1. The summed E-state index contributed by atoms with van der Waals surface area (Å²) in [4.78, 5) is 11.9. The van der Waals surface area contributed by atoms with Crippen molar-refractivity contribution in [3.8, 4) is 5.75 Å². The molecule has 3 heteroatoms. The molecule has 2 aromatic rings. The van der Waals surface area contributed by atoms with E-state index in [9.17, 15) is 9.18 Å². The van der Waals surface area contributed by atoms with E-state index < -0.39 is 0 Å². The van der Waals surface area contributed by atoms with Crippen LogP contribution in [0.1, 0.15) is 41.3 Å². The van der Waals surface area contributed by atoms with Crippen molar-refractivity contribution in [2.45, 2.75) is 19.8 Å². The van der Waals surface area contributed by atoms with Crippen LogP contribution >= 0.6 is 0 Å². The van der Waals surface area contributed by atoms with Crippen molar-refractivity contribution in [3.05, 3.63) is 65.0 Å². The monoisotopic (exact) mass is 272 g/mol. The number of methoxy groups -OCH3 is 1. The van der Waals surface area contributed by atoms with Gasteiger partial charge in [-0.25, -0.2) is 4.39 Å². The van der Waals surface area contributed by atoms with Crippen LogP contribution in [0, 0.1) is 5.82 Å². The van der Waals surface area contributed by atoms with Crippen LogP contribution in [-0.2, 0) is 0 Å². The van der Waals surface area contributed by atoms with E-state index in [1.54, 1.807) is 25.3 Å². The number of halogens is 1. The lowest BCUT2D eigenvalue weighted by molar-refractivity contribution is 0.101. The minimum absolute atomic E-state index is 0.00963. The SMILES string of the molecule is COc1cccc(C(C)c2ccc(F)cc2)c1C(C)=O. The van der Waals surface area contributed by atoms with Gasteiger partial charge in [0.25, 0.3) is 0 Å². The number of ketones is 1. The first-order valence-corrected chi connectivity index (χ1v) is 6.48. The van der Waals surface area contributed by atoms with Gasteiger partial charge in [0.15, 0.2) is 5.78 Å². The van der Waals surface area contributed by atoms with Gasteiger partial charge in [-0.15, -0.1) is 0 Å². The van der Waals surface area contributed by atoms with E-state index in [4.69, 9.17) is 4.74 Å². The minimum atomic E-state index is -0.265. The van der Waals surface area contributed by atoms with Crippen molar-refractivity contribution in [2.24, 2.45) is 0 Å². The molecule has 0 aliphatic heterocycles. The van der Waals surface area contributed by atoms with Crippen molar-refractivity contribution in [1.82, 2.24) is 0 Å². The van der Waals surface area contributed by atoms with E-state index in [0.717, 1.165) is 11.1 Å². The smallest absolute Gasteiger partial charge is 0.163 e. The highest BCUT2D eigenvalue weighted by Gasteiger charge is 2.19. The summed E-state index contributed by atoms with van der Waals surface area (Å²) in [5.41, 5.74) is 2.44. The average Bonchev–Trinajstić information content (AvgIpc) is 2.46. The summed E-state index contributed by atoms with van der Waals surface area (Å²) in [7, 11) is 1.55. The Kier molecular flexibility index (Phi) is 4.18. The quantitative estimate of drug-likeness (QED) is 0.780. The van der Waals surface area contributed by atoms with Gasteiger partial charge in [-0.1, -0.05) is 31.2 Å². The molecule has 20 heavy (non-hydrogen) atoms. The highest BCUT2D eigenvalue weighted by atomic mass is 19.1. The molecule has 0 bridgehead atoms. The van der Waals surface area contributed by atoms with Gasteiger partial charge in [-0.3, -0.25) is 4.79 Å². The van der Waals surface area contributed by atoms with Crippen molar-refractivity contribution >= 4 is 5.78 Å². The molecule has 0 amide bonds. The first-order chi connectivity index (χ1) is 9.54. The molecule has 0 fully saturated rings. The maximum Gasteiger partial charge on any atom is 0.163 e. The van der Waals surface area contributed by atoms with Gasteiger partial charge >= 0.3 is 0 Å². The zero-order valence-corrected chi connectivity index (χ0v) is 11.8. The predicted molar refractivity (Wildman–Crippen MR) is 76.9 cm³/mol. The largest absolute Gasteiger partial charge is 0.496 e. The van der Waals surface area contributed by atoms with Crippen LogP contribution in [0.2, 0.25) is 0 Å². The van der Waals surface area contributed by atoms with Crippen LogP contribution in [0.5, 0.6) is 5.75 Å². The normalized spacial score (nSPS) is 12.0. The third kappa shape index (κ3) is 2.72. The third-order valence-electron chi connectivity index (χ3n) is 3.47. The first kappa shape index (κ1) is 14.3. The molecule has 0 aliphatic rings. The Morgan fingerprint density at radius 3 is 2.35 bits per heavy atom. The van der Waals surface area contributed by atoms with E-state index in [-0.39, 0.29) is 17.5 Å². The lowest BCUT2D eigenvalue weighted by Gasteiger charge is -2.18.